The van der Waals surface area contributed by atoms with E-state index in [1.807, 2.05) is 6.92 Å². The summed E-state index contributed by atoms with van der Waals surface area (Å²) >= 11 is 0. The highest BCUT2D eigenvalue weighted by molar-refractivity contribution is 5.82. The van der Waals surface area contributed by atoms with E-state index in [1.54, 1.807) is 4.90 Å². The lowest BCUT2D eigenvalue weighted by molar-refractivity contribution is -0.140. The Morgan fingerprint density at radius 3 is 2.24 bits per heavy atom. The Bertz CT molecular complexity index is 286. The molecule has 2 unspecified atom stereocenters. The normalized spacial score (nSPS) is 20.8. The molecule has 6 heteroatoms. The van der Waals surface area contributed by atoms with Crippen LogP contribution in [0.5, 0.6) is 0 Å². The maximum Gasteiger partial charge on any atom is 0.405 e. The Hall–Kier alpha value is -1.30. The Balaban J connectivity index is 2.43. The highest BCUT2D eigenvalue weighted by Crippen LogP contribution is 2.20. The summed E-state index contributed by atoms with van der Waals surface area (Å²) in [6.07, 6.45) is 0.0648. The molecule has 0 radical (unpaired) electrons. The summed E-state index contributed by atoms with van der Waals surface area (Å²) in [5, 5.41) is 0. The number of nitrogens with zero attached hydrogens (tertiary/aromatic N) is 1. The monoisotopic (exact) mass is 243 g/mol. The van der Waals surface area contributed by atoms with Gasteiger partial charge in [-0.25, -0.2) is 4.79 Å². The van der Waals surface area contributed by atoms with Gasteiger partial charge in [0.25, 0.3) is 5.91 Å². The van der Waals surface area contributed by atoms with Gasteiger partial charge in [0.15, 0.2) is 6.10 Å². The van der Waals surface area contributed by atoms with Gasteiger partial charge in [0.05, 0.1) is 0 Å². The molecule has 1 aliphatic heterocycles. The predicted octanol–water partition coefficient (Wildman–Crippen LogP) is 0.0560. The van der Waals surface area contributed by atoms with Crippen LogP contribution in [0.2, 0.25) is 0 Å². The summed E-state index contributed by atoms with van der Waals surface area (Å²) < 4.78 is 4.66. The molecule has 0 aromatic heterocycles. The smallest absolute Gasteiger partial charge is 0.405 e. The number of carbonyl (C=O) groups excluding carboxylic acids is 2. The molecular formula is C11H21N3O3. The Kier molecular flexibility index (Phi) is 4.74. The molecule has 0 aromatic rings. The first kappa shape index (κ1) is 13.8. The van der Waals surface area contributed by atoms with Crippen LogP contribution in [0.15, 0.2) is 0 Å². The topological polar surface area (TPSA) is 98.6 Å². The standard InChI is InChI=1S/C11H21N3O3/c1-7(12)9-3-5-14(6-4-9)10(15)8(2)17-11(13)16/h7-9H,3-6,12H2,1-2H3,(H2,13,16). The molecule has 2 amide bonds. The van der Waals surface area contributed by atoms with E-state index in [9.17, 15) is 9.59 Å². The Morgan fingerprint density at radius 2 is 1.82 bits per heavy atom. The van der Waals surface area contributed by atoms with Crippen LogP contribution >= 0.6 is 0 Å². The van der Waals surface area contributed by atoms with Crippen LogP contribution in [0.4, 0.5) is 4.79 Å². The molecule has 2 atom stereocenters. The van der Waals surface area contributed by atoms with Crippen molar-refractivity contribution in [2.24, 2.45) is 17.4 Å². The molecule has 0 saturated carbocycles. The van der Waals surface area contributed by atoms with E-state index in [0.29, 0.717) is 19.0 Å². The molecule has 4 N–H and O–H groups in total. The van der Waals surface area contributed by atoms with Crippen molar-refractivity contribution in [3.8, 4) is 0 Å². The van der Waals surface area contributed by atoms with Crippen LogP contribution in [0.1, 0.15) is 26.7 Å². The third-order valence-electron chi connectivity index (χ3n) is 3.24. The average Bonchev–Trinajstić information content (AvgIpc) is 2.27. The highest BCUT2D eigenvalue weighted by atomic mass is 16.6. The van der Waals surface area contributed by atoms with Gasteiger partial charge in [0, 0.05) is 19.1 Å². The zero-order valence-electron chi connectivity index (χ0n) is 10.4. The fourth-order valence-corrected chi connectivity index (χ4v) is 2.13. The van der Waals surface area contributed by atoms with Crippen molar-refractivity contribution >= 4 is 12.0 Å². The van der Waals surface area contributed by atoms with Gasteiger partial charge in [0.2, 0.25) is 0 Å². The van der Waals surface area contributed by atoms with Gasteiger partial charge in [0.1, 0.15) is 0 Å². The van der Waals surface area contributed by atoms with E-state index in [2.05, 4.69) is 4.74 Å². The average molecular weight is 243 g/mol. The summed E-state index contributed by atoms with van der Waals surface area (Å²) in [6.45, 7) is 4.85. The molecule has 0 aliphatic carbocycles. The lowest BCUT2D eigenvalue weighted by Gasteiger charge is -2.34. The van der Waals surface area contributed by atoms with E-state index in [0.717, 1.165) is 12.8 Å². The lowest BCUT2D eigenvalue weighted by atomic mass is 9.91. The first-order valence-electron chi connectivity index (χ1n) is 5.92. The van der Waals surface area contributed by atoms with E-state index in [-0.39, 0.29) is 11.9 Å². The molecular weight excluding hydrogens is 222 g/mol. The second kappa shape index (κ2) is 5.86. The fourth-order valence-electron chi connectivity index (χ4n) is 2.13. The van der Waals surface area contributed by atoms with Crippen LogP contribution in [0, 0.1) is 5.92 Å². The number of carbonyl (C=O) groups is 2. The van der Waals surface area contributed by atoms with Crippen LogP contribution in [0.3, 0.4) is 0 Å². The van der Waals surface area contributed by atoms with Gasteiger partial charge in [-0.1, -0.05) is 0 Å². The number of amides is 2. The minimum absolute atomic E-state index is 0.159. The molecule has 1 heterocycles. The van der Waals surface area contributed by atoms with Crippen molar-refractivity contribution in [1.29, 1.82) is 0 Å². The number of nitrogens with two attached hydrogens (primary N) is 2. The van der Waals surface area contributed by atoms with Gasteiger partial charge in [-0.3, -0.25) is 4.79 Å². The minimum Gasteiger partial charge on any atom is -0.437 e. The molecule has 0 bridgehead atoms. The predicted molar refractivity (Wildman–Crippen MR) is 63.1 cm³/mol. The SMILES string of the molecule is CC(OC(N)=O)C(=O)N1CCC(C(C)N)CC1. The summed E-state index contributed by atoms with van der Waals surface area (Å²) in [4.78, 5) is 24.1. The molecule has 1 aliphatic rings. The van der Waals surface area contributed by atoms with Crippen molar-refractivity contribution in [1.82, 2.24) is 4.90 Å². The maximum absolute atomic E-state index is 11.9. The number of ether oxygens (including phenoxy) is 1. The van der Waals surface area contributed by atoms with Gasteiger partial charge in [-0.2, -0.15) is 0 Å². The van der Waals surface area contributed by atoms with Crippen LogP contribution in [-0.4, -0.2) is 42.1 Å². The molecule has 17 heavy (non-hydrogen) atoms. The van der Waals surface area contributed by atoms with Crippen molar-refractivity contribution in [3.63, 3.8) is 0 Å². The number of primary amides is 1. The largest absolute Gasteiger partial charge is 0.437 e. The molecule has 1 rings (SSSR count). The van der Waals surface area contributed by atoms with E-state index < -0.39 is 12.2 Å². The molecule has 1 fully saturated rings. The van der Waals surface area contributed by atoms with Crippen LogP contribution < -0.4 is 11.5 Å². The third-order valence-corrected chi connectivity index (χ3v) is 3.24. The molecule has 1 saturated heterocycles. The fraction of sp³-hybridized carbons (Fsp3) is 0.818. The molecule has 98 valence electrons. The van der Waals surface area contributed by atoms with E-state index in [1.165, 1.54) is 6.92 Å². The Morgan fingerprint density at radius 1 is 1.29 bits per heavy atom. The van der Waals surface area contributed by atoms with Crippen molar-refractivity contribution in [3.05, 3.63) is 0 Å². The quantitative estimate of drug-likeness (QED) is 0.732. The van der Waals surface area contributed by atoms with Gasteiger partial charge in [-0.15, -0.1) is 0 Å². The van der Waals surface area contributed by atoms with E-state index in [4.69, 9.17) is 11.5 Å². The number of piperidine rings is 1. The minimum atomic E-state index is -0.920. The summed E-state index contributed by atoms with van der Waals surface area (Å²) in [5.41, 5.74) is 10.7. The summed E-state index contributed by atoms with van der Waals surface area (Å²) in [5.74, 6) is 0.276. The van der Waals surface area contributed by atoms with Gasteiger partial charge < -0.3 is 21.1 Å². The highest BCUT2D eigenvalue weighted by Gasteiger charge is 2.28. The first-order chi connectivity index (χ1) is 7.91. The zero-order valence-corrected chi connectivity index (χ0v) is 10.4. The Labute approximate surface area is 101 Å². The molecule has 6 nitrogen and oxygen atoms in total. The number of hydrogen-bond acceptors (Lipinski definition) is 4. The summed E-state index contributed by atoms with van der Waals surface area (Å²) in [7, 11) is 0. The van der Waals surface area contributed by atoms with E-state index >= 15 is 0 Å². The summed E-state index contributed by atoms with van der Waals surface area (Å²) in [6, 6.07) is 0.159. The van der Waals surface area contributed by atoms with Crippen LogP contribution in [-0.2, 0) is 9.53 Å². The maximum atomic E-state index is 11.9. The van der Waals surface area contributed by atoms with Gasteiger partial charge in [-0.05, 0) is 32.6 Å². The number of likely N-dealkylation sites (tertiary alicyclic amines) is 1. The van der Waals surface area contributed by atoms with Crippen molar-refractivity contribution in [2.75, 3.05) is 13.1 Å². The number of rotatable bonds is 3. The van der Waals surface area contributed by atoms with Gasteiger partial charge >= 0.3 is 6.09 Å². The first-order valence-corrected chi connectivity index (χ1v) is 5.92. The van der Waals surface area contributed by atoms with Crippen LogP contribution in [0.25, 0.3) is 0 Å². The third kappa shape index (κ3) is 3.89. The molecule has 0 aromatic carbocycles. The van der Waals surface area contributed by atoms with Crippen molar-refractivity contribution in [2.45, 2.75) is 38.8 Å². The molecule has 0 spiro atoms. The zero-order chi connectivity index (χ0) is 13.0. The second-order valence-corrected chi connectivity index (χ2v) is 4.60. The lowest BCUT2D eigenvalue weighted by Crippen LogP contribution is -2.46. The second-order valence-electron chi connectivity index (χ2n) is 4.60. The number of hydrogen-bond donors (Lipinski definition) is 2. The van der Waals surface area contributed by atoms with Crippen molar-refractivity contribution < 1.29 is 14.3 Å².